The van der Waals surface area contributed by atoms with E-state index in [4.69, 9.17) is 9.26 Å². The minimum absolute atomic E-state index is 0.0227. The first-order valence-corrected chi connectivity index (χ1v) is 8.76. The molecule has 146 valence electrons. The van der Waals surface area contributed by atoms with Gasteiger partial charge in [0.05, 0.1) is 24.8 Å². The number of benzene rings is 2. The summed E-state index contributed by atoms with van der Waals surface area (Å²) in [7, 11) is 1.58. The predicted octanol–water partition coefficient (Wildman–Crippen LogP) is 1.66. The van der Waals surface area contributed by atoms with E-state index in [0.29, 0.717) is 22.7 Å². The molecule has 1 aromatic heterocycles. The average Bonchev–Trinajstić information content (AvgIpc) is 3.32. The van der Waals surface area contributed by atoms with E-state index in [9.17, 15) is 14.4 Å². The number of nitrogens with zero attached hydrogens (tertiary/aromatic N) is 3. The number of nitrogens with one attached hydrogen (secondary N) is 1. The van der Waals surface area contributed by atoms with Crippen LogP contribution < -0.4 is 10.1 Å². The molecule has 2 aromatic carbocycles. The molecule has 3 aromatic rings. The van der Waals surface area contributed by atoms with Gasteiger partial charge >= 0.3 is 0 Å². The number of ether oxygens (including phenoxy) is 1. The van der Waals surface area contributed by atoms with E-state index in [1.54, 1.807) is 55.6 Å². The van der Waals surface area contributed by atoms with Crippen molar-refractivity contribution < 1.29 is 23.6 Å². The summed E-state index contributed by atoms with van der Waals surface area (Å²) in [4.78, 5) is 41.9. The normalized spacial score (nSPS) is 12.8. The fraction of sp³-hybridized carbons (Fsp3) is 0.150. The van der Waals surface area contributed by atoms with Gasteiger partial charge in [-0.25, -0.2) is 0 Å². The maximum Gasteiger partial charge on any atom is 0.262 e. The predicted molar refractivity (Wildman–Crippen MR) is 99.9 cm³/mol. The molecule has 0 radical (unpaired) electrons. The Morgan fingerprint density at radius 2 is 1.72 bits per heavy atom. The van der Waals surface area contributed by atoms with Gasteiger partial charge in [-0.05, 0) is 36.4 Å². The van der Waals surface area contributed by atoms with Crippen LogP contribution in [0.25, 0.3) is 11.4 Å². The highest BCUT2D eigenvalue weighted by Gasteiger charge is 2.36. The molecule has 0 unspecified atom stereocenters. The van der Waals surface area contributed by atoms with Crippen LogP contribution in [0.15, 0.2) is 53.1 Å². The maximum atomic E-state index is 12.3. The third-order valence-corrected chi connectivity index (χ3v) is 4.43. The quantitative estimate of drug-likeness (QED) is 0.635. The summed E-state index contributed by atoms with van der Waals surface area (Å²) < 4.78 is 10.2. The van der Waals surface area contributed by atoms with Crippen molar-refractivity contribution in [3.8, 4) is 17.1 Å². The van der Waals surface area contributed by atoms with Gasteiger partial charge in [0, 0.05) is 5.56 Å². The van der Waals surface area contributed by atoms with Gasteiger partial charge in [0.15, 0.2) is 0 Å². The van der Waals surface area contributed by atoms with Crippen LogP contribution >= 0.6 is 0 Å². The SMILES string of the molecule is COc1ccc(-c2noc(CNC(=O)CN3C(=O)c4ccccc4C3=O)n2)cc1. The molecular formula is C20H16N4O5. The summed E-state index contributed by atoms with van der Waals surface area (Å²) in [6.45, 7) is -0.406. The molecule has 3 amide bonds. The van der Waals surface area contributed by atoms with Crippen LogP contribution in [0.2, 0.25) is 0 Å². The number of fused-ring (bicyclic) bond motifs is 1. The van der Waals surface area contributed by atoms with Gasteiger partial charge in [-0.1, -0.05) is 17.3 Å². The van der Waals surface area contributed by atoms with Gasteiger partial charge < -0.3 is 14.6 Å². The fourth-order valence-electron chi connectivity index (χ4n) is 2.94. The topological polar surface area (TPSA) is 115 Å². The number of rotatable bonds is 6. The molecule has 1 aliphatic heterocycles. The second kappa shape index (κ2) is 7.55. The standard InChI is InChI=1S/C20H16N4O5/c1-28-13-8-6-12(7-9-13)18-22-17(29-23-18)10-21-16(25)11-24-19(26)14-4-2-3-5-15(14)20(24)27/h2-9H,10-11H2,1H3,(H,21,25). The van der Waals surface area contributed by atoms with Crippen molar-refractivity contribution >= 4 is 17.7 Å². The van der Waals surface area contributed by atoms with Crippen molar-refractivity contribution in [3.63, 3.8) is 0 Å². The molecule has 0 saturated carbocycles. The zero-order chi connectivity index (χ0) is 20.4. The molecule has 1 N–H and O–H groups in total. The summed E-state index contributed by atoms with van der Waals surface area (Å²) in [5, 5.41) is 6.45. The van der Waals surface area contributed by atoms with E-state index < -0.39 is 17.7 Å². The van der Waals surface area contributed by atoms with Crippen molar-refractivity contribution in [2.45, 2.75) is 6.54 Å². The number of imide groups is 1. The van der Waals surface area contributed by atoms with Crippen LogP contribution in [0.3, 0.4) is 0 Å². The zero-order valence-electron chi connectivity index (χ0n) is 15.4. The lowest BCUT2D eigenvalue weighted by atomic mass is 10.1. The molecule has 9 nitrogen and oxygen atoms in total. The van der Waals surface area contributed by atoms with E-state index in [0.717, 1.165) is 10.5 Å². The van der Waals surface area contributed by atoms with Gasteiger partial charge in [-0.2, -0.15) is 4.98 Å². The molecule has 0 saturated heterocycles. The Morgan fingerprint density at radius 1 is 1.07 bits per heavy atom. The van der Waals surface area contributed by atoms with Crippen molar-refractivity contribution in [3.05, 3.63) is 65.5 Å². The first-order chi connectivity index (χ1) is 14.1. The van der Waals surface area contributed by atoms with Gasteiger partial charge in [0.2, 0.25) is 17.6 Å². The monoisotopic (exact) mass is 392 g/mol. The Balaban J connectivity index is 1.35. The summed E-state index contributed by atoms with van der Waals surface area (Å²) in [5.41, 5.74) is 1.33. The Hall–Kier alpha value is -4.01. The van der Waals surface area contributed by atoms with Gasteiger partial charge in [-0.3, -0.25) is 19.3 Å². The van der Waals surface area contributed by atoms with Gasteiger partial charge in [0.25, 0.3) is 11.8 Å². The molecule has 9 heteroatoms. The largest absolute Gasteiger partial charge is 0.497 e. The van der Waals surface area contributed by atoms with E-state index in [1.165, 1.54) is 0 Å². The molecule has 29 heavy (non-hydrogen) atoms. The third-order valence-electron chi connectivity index (χ3n) is 4.43. The molecule has 0 bridgehead atoms. The molecule has 4 rings (SSSR count). The Bertz CT molecular complexity index is 1060. The highest BCUT2D eigenvalue weighted by atomic mass is 16.5. The van der Waals surface area contributed by atoms with Crippen LogP contribution in [-0.4, -0.2) is 46.4 Å². The van der Waals surface area contributed by atoms with Crippen molar-refractivity contribution in [1.82, 2.24) is 20.4 Å². The first kappa shape index (κ1) is 18.4. The molecule has 0 aliphatic carbocycles. The third kappa shape index (κ3) is 3.57. The fourth-order valence-corrected chi connectivity index (χ4v) is 2.94. The van der Waals surface area contributed by atoms with Crippen molar-refractivity contribution in [1.29, 1.82) is 0 Å². The van der Waals surface area contributed by atoms with Crippen molar-refractivity contribution in [2.24, 2.45) is 0 Å². The summed E-state index contributed by atoms with van der Waals surface area (Å²) in [5.74, 6) is -0.203. The number of amides is 3. The maximum absolute atomic E-state index is 12.3. The molecular weight excluding hydrogens is 376 g/mol. The minimum atomic E-state index is -0.510. The second-order valence-electron chi connectivity index (χ2n) is 6.26. The highest BCUT2D eigenvalue weighted by Crippen LogP contribution is 2.22. The highest BCUT2D eigenvalue weighted by molar-refractivity contribution is 6.22. The van der Waals surface area contributed by atoms with Gasteiger partial charge in [0.1, 0.15) is 12.3 Å². The van der Waals surface area contributed by atoms with E-state index in [1.807, 2.05) is 0 Å². The van der Waals surface area contributed by atoms with Crippen molar-refractivity contribution in [2.75, 3.05) is 13.7 Å². The number of methoxy groups -OCH3 is 1. The Kier molecular flexibility index (Phi) is 4.78. The lowest BCUT2D eigenvalue weighted by Gasteiger charge is -2.12. The summed E-state index contributed by atoms with van der Waals surface area (Å²) >= 11 is 0. The molecule has 2 heterocycles. The second-order valence-corrected chi connectivity index (χ2v) is 6.26. The molecule has 0 spiro atoms. The molecule has 1 aliphatic rings. The summed E-state index contributed by atoms with van der Waals surface area (Å²) in [6, 6.07) is 13.6. The van der Waals surface area contributed by atoms with E-state index in [-0.39, 0.29) is 19.0 Å². The number of carbonyl (C=O) groups is 3. The number of hydrogen-bond acceptors (Lipinski definition) is 7. The Morgan fingerprint density at radius 3 is 2.34 bits per heavy atom. The lowest BCUT2D eigenvalue weighted by Crippen LogP contribution is -2.40. The van der Waals surface area contributed by atoms with Crippen LogP contribution in [0, 0.1) is 0 Å². The number of aromatic nitrogens is 2. The number of carbonyl (C=O) groups excluding carboxylic acids is 3. The van der Waals surface area contributed by atoms with Crippen LogP contribution in [0.4, 0.5) is 0 Å². The van der Waals surface area contributed by atoms with Crippen LogP contribution in [0.1, 0.15) is 26.6 Å². The smallest absolute Gasteiger partial charge is 0.262 e. The molecule has 0 atom stereocenters. The lowest BCUT2D eigenvalue weighted by molar-refractivity contribution is -0.121. The van der Waals surface area contributed by atoms with Gasteiger partial charge in [-0.15, -0.1) is 0 Å². The zero-order valence-corrected chi connectivity index (χ0v) is 15.4. The molecule has 0 fully saturated rings. The average molecular weight is 392 g/mol. The van der Waals surface area contributed by atoms with Crippen LogP contribution in [0.5, 0.6) is 5.75 Å². The Labute approximate surface area is 165 Å². The first-order valence-electron chi connectivity index (χ1n) is 8.76. The van der Waals surface area contributed by atoms with E-state index in [2.05, 4.69) is 15.5 Å². The summed E-state index contributed by atoms with van der Waals surface area (Å²) in [6.07, 6.45) is 0. The number of hydrogen-bond donors (Lipinski definition) is 1. The van der Waals surface area contributed by atoms with E-state index >= 15 is 0 Å². The minimum Gasteiger partial charge on any atom is -0.497 e. The van der Waals surface area contributed by atoms with Crippen LogP contribution in [-0.2, 0) is 11.3 Å².